The molecule has 0 aliphatic carbocycles. The van der Waals surface area contributed by atoms with Gasteiger partial charge >= 0.3 is 103 Å². The van der Waals surface area contributed by atoms with Crippen molar-refractivity contribution in [2.75, 3.05) is 0 Å². The summed E-state index contributed by atoms with van der Waals surface area (Å²) in [5.41, 5.74) is 0. The molecule has 2 unspecified atom stereocenters. The molecule has 0 aromatic rings. The molecule has 2 aliphatic rings. The topological polar surface area (TPSA) is 92.3 Å². The Bertz CT molecular complexity index is 1570. The van der Waals surface area contributed by atoms with Crippen LogP contribution in [0.5, 0.6) is 0 Å². The first-order chi connectivity index (χ1) is 29.1. The van der Waals surface area contributed by atoms with Crippen molar-refractivity contribution in [3.05, 3.63) is 0 Å². The highest BCUT2D eigenvalue weighted by atomic mass is 28.5. The van der Waals surface area contributed by atoms with E-state index in [2.05, 4.69) is 24.7 Å². The Labute approximate surface area is 379 Å². The van der Waals surface area contributed by atoms with E-state index in [1.54, 1.807) is 0 Å². The zero-order valence-electron chi connectivity index (χ0n) is 35.6. The van der Waals surface area contributed by atoms with E-state index >= 15 is 0 Å². The van der Waals surface area contributed by atoms with Crippen LogP contribution in [0.15, 0.2) is 0 Å². The summed E-state index contributed by atoms with van der Waals surface area (Å²) in [5.74, 6) is -58.7. The molecule has 2 atom stereocenters. The Morgan fingerprint density at radius 2 is 0.632 bits per heavy atom. The summed E-state index contributed by atoms with van der Waals surface area (Å²) in [7, 11) is -54.9. The first kappa shape index (κ1) is 68.1. The molecule has 10 nitrogen and oxygen atoms in total. The molecule has 0 spiro atoms. The van der Waals surface area contributed by atoms with Crippen LogP contribution in [-0.4, -0.2) is 149 Å². The highest BCUT2D eigenvalue weighted by Gasteiger charge is 2.93. The molecular weight excluding hydrogens is 1220 g/mol. The predicted octanol–water partition coefficient (Wildman–Crippen LogP) is 9.98. The quantitative estimate of drug-likeness (QED) is 0.200. The average molecular weight is 1260 g/mol. The van der Waals surface area contributed by atoms with Gasteiger partial charge in [0.15, 0.2) is 0 Å². The lowest BCUT2D eigenvalue weighted by atomic mass is 11.5. The fraction of sp³-hybridized carbons (Fsp3) is 1.00. The lowest BCUT2D eigenvalue weighted by molar-refractivity contribution is -0.186. The van der Waals surface area contributed by atoms with E-state index in [0.29, 0.717) is 0 Å². The molecule has 0 radical (unpaired) electrons. The van der Waals surface area contributed by atoms with Gasteiger partial charge in [-0.1, -0.05) is 0 Å². The first-order valence-corrected chi connectivity index (χ1v) is 42.3. The van der Waals surface area contributed by atoms with Crippen molar-refractivity contribution in [1.29, 1.82) is 0 Å². The van der Waals surface area contributed by atoms with Gasteiger partial charge < -0.3 is 41.2 Å². The minimum Gasteiger partial charge on any atom is -0.424 e. The molecule has 0 aromatic heterocycles. The van der Waals surface area contributed by atoms with Crippen LogP contribution in [0.2, 0.25) is 72.0 Å². The van der Waals surface area contributed by atoms with Gasteiger partial charge in [0.05, 0.1) is 0 Å². The zero-order chi connectivity index (χ0) is 55.4. The molecule has 0 aromatic carbocycles. The maximum absolute atomic E-state index is 13.4. The SMILES string of the molecule is C[SiH]1O[SiH](C)O[SiH](C)O[SiH](C)O1.C[Si](C)(O[Si](C)(O[Si](C)(C(F)(F)F)C(F)(F)F)C(F)(F)F)C(F)(F)F.C[Si]1(C)O[Si](C)(C(F)(F)F)O[Si](C(F)(F)F)(C(F)(F)F)O[Si](C(F)(F)F)(C(F)(F)F)O1. The number of hydrogen-bond acceptors (Lipinski definition) is 10. The molecule has 68 heavy (non-hydrogen) atoms. The van der Waals surface area contributed by atoms with E-state index in [1.165, 1.54) is 0 Å². The third-order valence-electron chi connectivity index (χ3n) is 8.13. The van der Waals surface area contributed by atoms with E-state index in [1.807, 2.05) is 26.2 Å². The monoisotopic (exact) mass is 1260 g/mol. The number of hydrogen-bond donors (Lipinski definition) is 0. The van der Waals surface area contributed by atoms with Gasteiger partial charge in [-0.25, -0.2) is 0 Å². The predicted molar refractivity (Wildman–Crippen MR) is 199 cm³/mol. The first-order valence-electron chi connectivity index (χ1n) is 17.5. The summed E-state index contributed by atoms with van der Waals surface area (Å²) in [6.07, 6.45) is 0. The maximum Gasteiger partial charge on any atom is 0.557 e. The lowest BCUT2D eigenvalue weighted by Gasteiger charge is -2.50. The van der Waals surface area contributed by atoms with Crippen LogP contribution in [0.4, 0.5) is 119 Å². The summed E-state index contributed by atoms with van der Waals surface area (Å²) < 4.78 is 398. The van der Waals surface area contributed by atoms with Crippen molar-refractivity contribution >= 4 is 96.6 Å². The molecule has 0 amide bonds. The molecular formula is C20H37F27O10Si11. The second-order valence-corrected chi connectivity index (χ2v) is 48.0. The van der Waals surface area contributed by atoms with Gasteiger partial charge in [0, 0.05) is 0 Å². The Balaban J connectivity index is 0.00000108. The van der Waals surface area contributed by atoms with Crippen LogP contribution in [0.1, 0.15) is 0 Å². The molecule has 0 bridgehead atoms. The summed E-state index contributed by atoms with van der Waals surface area (Å²) in [5, 5.41) is 0. The van der Waals surface area contributed by atoms with Crippen LogP contribution >= 0.6 is 0 Å². The maximum atomic E-state index is 13.4. The van der Waals surface area contributed by atoms with Crippen LogP contribution in [-0.2, 0) is 41.2 Å². The van der Waals surface area contributed by atoms with Crippen molar-refractivity contribution in [1.82, 2.24) is 0 Å². The van der Waals surface area contributed by atoms with Crippen LogP contribution in [0.3, 0.4) is 0 Å². The lowest BCUT2D eigenvalue weighted by Crippen LogP contribution is -2.84. The van der Waals surface area contributed by atoms with Gasteiger partial charge in [-0.15, -0.1) is 0 Å². The molecule has 2 rings (SSSR count). The van der Waals surface area contributed by atoms with Crippen molar-refractivity contribution in [3.8, 4) is 0 Å². The Morgan fingerprint density at radius 1 is 0.353 bits per heavy atom. The molecule has 48 heteroatoms. The van der Waals surface area contributed by atoms with Gasteiger partial charge in [0.25, 0.3) is 45.5 Å². The molecule has 2 heterocycles. The third kappa shape index (κ3) is 15.8. The van der Waals surface area contributed by atoms with E-state index in [9.17, 15) is 119 Å². The smallest absolute Gasteiger partial charge is 0.424 e. The minimum absolute atomic E-state index is 0.131. The second kappa shape index (κ2) is 21.0. The highest BCUT2D eigenvalue weighted by molar-refractivity contribution is 6.96. The molecule has 2 fully saturated rings. The molecule has 410 valence electrons. The standard InChI is InChI=1S/C8H9F15O4Si4.C8H12F12O2Si3.C4H16O4Si4/c1-28(2)24-29(3,4(9,10)11)26-31(7(18,19)20,8(21,22)23)27-30(25-28,5(12,13)14)6(15,16)17;1-23(2,5(9,10)11)21-25(4,8(18,19)20)22-24(3,6(12,13)14)7(15,16)17;1-9-5-10(2)7-12(4)8-11(3)6-9/h1-3H3;1-4H3;9-12H,1-4H3. The van der Waals surface area contributed by atoms with Crippen LogP contribution in [0.25, 0.3) is 0 Å². The van der Waals surface area contributed by atoms with Gasteiger partial charge in [0.2, 0.25) is 0 Å². The number of alkyl halides is 27. The largest absolute Gasteiger partial charge is 0.557 e. The number of halogens is 27. The zero-order valence-corrected chi connectivity index (χ0v) is 47.2. The molecule has 0 N–H and O–H groups in total. The van der Waals surface area contributed by atoms with Crippen LogP contribution in [0, 0.1) is 0 Å². The highest BCUT2D eigenvalue weighted by Crippen LogP contribution is 2.55. The van der Waals surface area contributed by atoms with Crippen LogP contribution < -0.4 is 0 Å². The molecule has 2 aliphatic heterocycles. The minimum atomic E-state index is -9.10. The Kier molecular flexibility index (Phi) is 21.0. The van der Waals surface area contributed by atoms with E-state index in [0.717, 1.165) is 0 Å². The van der Waals surface area contributed by atoms with Gasteiger partial charge in [-0.3, -0.25) is 0 Å². The van der Waals surface area contributed by atoms with Gasteiger partial charge in [-0.2, -0.15) is 119 Å². The summed E-state index contributed by atoms with van der Waals surface area (Å²) in [4.78, 5) is 0. The summed E-state index contributed by atoms with van der Waals surface area (Å²) in [6.45, 7) is 7.43. The normalized spacial score (nSPS) is 27.4. The van der Waals surface area contributed by atoms with E-state index < -0.39 is 162 Å². The van der Waals surface area contributed by atoms with Crippen molar-refractivity contribution in [2.24, 2.45) is 0 Å². The fourth-order valence-electron chi connectivity index (χ4n) is 4.83. The molecule has 0 saturated carbocycles. The van der Waals surface area contributed by atoms with Crippen molar-refractivity contribution in [2.45, 2.75) is 124 Å². The average Bonchev–Trinajstić information content (AvgIpc) is 2.97. The van der Waals surface area contributed by atoms with Crippen molar-refractivity contribution < 1.29 is 160 Å². The van der Waals surface area contributed by atoms with E-state index in [-0.39, 0.29) is 32.7 Å². The van der Waals surface area contributed by atoms with Gasteiger partial charge in [0.1, 0.15) is 0 Å². The molecule has 2 saturated heterocycles. The Morgan fingerprint density at radius 3 is 0.853 bits per heavy atom. The summed E-state index contributed by atoms with van der Waals surface area (Å²) in [6, 6.07) is 0. The summed E-state index contributed by atoms with van der Waals surface area (Å²) >= 11 is 0. The number of rotatable bonds is 4. The Hall–Kier alpha value is 0.0957. The van der Waals surface area contributed by atoms with Crippen molar-refractivity contribution in [3.63, 3.8) is 0 Å². The fourth-order valence-corrected chi connectivity index (χ4v) is 44.8. The third-order valence-corrected chi connectivity index (χ3v) is 47.4. The second-order valence-electron chi connectivity index (χ2n) is 15.0. The van der Waals surface area contributed by atoms with Gasteiger partial charge in [-0.05, 0) is 72.0 Å². The van der Waals surface area contributed by atoms with E-state index in [4.69, 9.17) is 16.5 Å².